The van der Waals surface area contributed by atoms with Crippen LogP contribution < -0.4 is 0 Å². The first-order valence-electron chi connectivity index (χ1n) is 12.5. The lowest BCUT2D eigenvalue weighted by Gasteiger charge is -2.57. The van der Waals surface area contributed by atoms with Gasteiger partial charge in [-0.05, 0) is 99.2 Å². The van der Waals surface area contributed by atoms with E-state index in [1.165, 1.54) is 30.1 Å². The minimum absolute atomic E-state index is 0.00100. The zero-order valence-corrected chi connectivity index (χ0v) is 19.6. The van der Waals surface area contributed by atoms with Crippen LogP contribution >= 0.6 is 0 Å². The van der Waals surface area contributed by atoms with Gasteiger partial charge < -0.3 is 5.11 Å². The molecule has 0 saturated heterocycles. The maximum Gasteiger partial charge on any atom is 0.259 e. The molecule has 32 heavy (non-hydrogen) atoms. The van der Waals surface area contributed by atoms with Gasteiger partial charge in [0.2, 0.25) is 5.95 Å². The first kappa shape index (κ1) is 22.1. The second-order valence-electron chi connectivity index (χ2n) is 12.0. The monoisotopic (exact) mass is 441 g/mol. The number of carbonyl (C=O) groups excluding carboxylic acids is 1. The Morgan fingerprint density at radius 3 is 2.72 bits per heavy atom. The van der Waals surface area contributed by atoms with E-state index in [-0.39, 0.29) is 29.3 Å². The van der Waals surface area contributed by atoms with Gasteiger partial charge in [0.15, 0.2) is 5.78 Å². The van der Waals surface area contributed by atoms with Crippen molar-refractivity contribution < 1.29 is 14.3 Å². The molecule has 0 bridgehead atoms. The van der Waals surface area contributed by atoms with E-state index in [9.17, 15) is 14.3 Å². The van der Waals surface area contributed by atoms with E-state index in [1.807, 2.05) is 6.92 Å². The van der Waals surface area contributed by atoms with Crippen LogP contribution in [-0.4, -0.2) is 26.3 Å². The average Bonchev–Trinajstić information content (AvgIpc) is 3.22. The van der Waals surface area contributed by atoms with E-state index in [0.717, 1.165) is 43.9 Å². The summed E-state index contributed by atoms with van der Waals surface area (Å²) in [6, 6.07) is 0. The van der Waals surface area contributed by atoms with Crippen molar-refractivity contribution in [3.8, 4) is 0 Å². The number of Topliss-reactive ketones (excluding diaryl/α,β-unsaturated/α-hetero) is 1. The Kier molecular flexibility index (Phi) is 5.28. The first-order valence-corrected chi connectivity index (χ1v) is 12.5. The standard InChI is InChI=1S/C26H36FN3O2/c1-15-11-20(22(31)14-30-13-21(28-4)24(27)29-30)26(3)10-8-18-17-7-9-25(2,32)12-16(17)5-6-19(18)23(15)26/h13,15-20,23,32H,5-12,14H2,1-3H3/t15-,16-,17+,18-,19-,20-,23+,25-,26-/m1/s1. The molecule has 0 spiro atoms. The molecule has 0 amide bonds. The zero-order valence-electron chi connectivity index (χ0n) is 19.6. The Hall–Kier alpha value is -1.74. The van der Waals surface area contributed by atoms with Crippen LogP contribution in [0.3, 0.4) is 0 Å². The molecule has 4 aliphatic rings. The Morgan fingerprint density at radius 2 is 2.00 bits per heavy atom. The van der Waals surface area contributed by atoms with Crippen molar-refractivity contribution in [2.75, 3.05) is 0 Å². The Morgan fingerprint density at radius 1 is 1.25 bits per heavy atom. The van der Waals surface area contributed by atoms with Crippen molar-refractivity contribution in [3.63, 3.8) is 0 Å². The molecule has 5 nitrogen and oxygen atoms in total. The van der Waals surface area contributed by atoms with Crippen LogP contribution in [0.15, 0.2) is 6.20 Å². The van der Waals surface area contributed by atoms with Gasteiger partial charge in [-0.1, -0.05) is 13.8 Å². The number of hydrogen-bond acceptors (Lipinski definition) is 3. The third kappa shape index (κ3) is 3.43. The van der Waals surface area contributed by atoms with Gasteiger partial charge in [-0.25, -0.2) is 4.85 Å². The Bertz CT molecular complexity index is 949. The fourth-order valence-electron chi connectivity index (χ4n) is 8.94. The Balaban J connectivity index is 1.34. The molecule has 0 unspecified atom stereocenters. The van der Waals surface area contributed by atoms with Crippen molar-refractivity contribution in [3.05, 3.63) is 23.6 Å². The highest BCUT2D eigenvalue weighted by atomic mass is 19.1. The average molecular weight is 442 g/mol. The predicted molar refractivity (Wildman–Crippen MR) is 119 cm³/mol. The molecule has 1 N–H and O–H groups in total. The van der Waals surface area contributed by atoms with Gasteiger partial charge in [0.1, 0.15) is 0 Å². The van der Waals surface area contributed by atoms with Gasteiger partial charge in [-0.3, -0.25) is 9.48 Å². The van der Waals surface area contributed by atoms with Crippen molar-refractivity contribution in [1.29, 1.82) is 0 Å². The zero-order chi connectivity index (χ0) is 22.8. The minimum Gasteiger partial charge on any atom is -0.390 e. The topological polar surface area (TPSA) is 59.5 Å². The highest BCUT2D eigenvalue weighted by Crippen LogP contribution is 2.66. The highest BCUT2D eigenvalue weighted by molar-refractivity contribution is 5.82. The fourth-order valence-corrected chi connectivity index (χ4v) is 8.94. The van der Waals surface area contributed by atoms with E-state index in [1.54, 1.807) is 0 Å². The summed E-state index contributed by atoms with van der Waals surface area (Å²) in [6.45, 7) is 13.8. The largest absolute Gasteiger partial charge is 0.390 e. The van der Waals surface area contributed by atoms with E-state index < -0.39 is 11.5 Å². The molecule has 0 aliphatic heterocycles. The summed E-state index contributed by atoms with van der Waals surface area (Å²) in [5, 5.41) is 14.4. The first-order chi connectivity index (χ1) is 15.1. The summed E-state index contributed by atoms with van der Waals surface area (Å²) >= 11 is 0. The summed E-state index contributed by atoms with van der Waals surface area (Å²) in [7, 11) is 0. The van der Waals surface area contributed by atoms with Crippen LogP contribution in [0.4, 0.5) is 10.1 Å². The van der Waals surface area contributed by atoms with Crippen LogP contribution in [0.25, 0.3) is 4.85 Å². The lowest BCUT2D eigenvalue weighted by atomic mass is 9.48. The maximum absolute atomic E-state index is 13.7. The summed E-state index contributed by atoms with van der Waals surface area (Å²) in [4.78, 5) is 16.5. The normalized spacial score (nSPS) is 45.4. The second-order valence-corrected chi connectivity index (χ2v) is 12.0. The third-order valence-corrected chi connectivity index (χ3v) is 10.1. The molecule has 4 aliphatic carbocycles. The number of nitrogens with zero attached hydrogens (tertiary/aromatic N) is 3. The highest BCUT2D eigenvalue weighted by Gasteiger charge is 2.61. The molecule has 4 saturated carbocycles. The second kappa shape index (κ2) is 7.65. The molecule has 0 radical (unpaired) electrons. The molecule has 1 aromatic rings. The molecule has 4 fully saturated rings. The number of halogens is 1. The number of aromatic nitrogens is 2. The van der Waals surface area contributed by atoms with Crippen LogP contribution in [0.1, 0.15) is 72.1 Å². The van der Waals surface area contributed by atoms with Crippen LogP contribution in [0, 0.1) is 59.4 Å². The van der Waals surface area contributed by atoms with E-state index in [2.05, 4.69) is 23.8 Å². The molecular weight excluding hydrogens is 405 g/mol. The van der Waals surface area contributed by atoms with Gasteiger partial charge in [0, 0.05) is 12.1 Å². The number of aliphatic hydroxyl groups is 1. The van der Waals surface area contributed by atoms with Crippen LogP contribution in [-0.2, 0) is 11.3 Å². The number of hydrogen-bond donors (Lipinski definition) is 1. The van der Waals surface area contributed by atoms with Crippen molar-refractivity contribution in [1.82, 2.24) is 9.78 Å². The molecule has 5 rings (SSSR count). The number of rotatable bonds is 3. The lowest BCUT2D eigenvalue weighted by Crippen LogP contribution is -2.51. The lowest BCUT2D eigenvalue weighted by molar-refractivity contribution is -0.133. The fraction of sp³-hybridized carbons (Fsp3) is 0.808. The van der Waals surface area contributed by atoms with Crippen LogP contribution in [0.5, 0.6) is 0 Å². The summed E-state index contributed by atoms with van der Waals surface area (Å²) in [5.74, 6) is 3.22. The quantitative estimate of drug-likeness (QED) is 0.638. The number of fused-ring (bicyclic) bond motifs is 5. The number of ketones is 1. The molecular formula is C26H36FN3O2. The maximum atomic E-state index is 13.7. The van der Waals surface area contributed by atoms with E-state index >= 15 is 0 Å². The van der Waals surface area contributed by atoms with Crippen molar-refractivity contribution in [2.45, 2.75) is 84.3 Å². The third-order valence-electron chi connectivity index (χ3n) is 10.1. The molecule has 1 aromatic heterocycles. The molecule has 1 heterocycles. The van der Waals surface area contributed by atoms with Gasteiger partial charge in [-0.15, -0.1) is 0 Å². The van der Waals surface area contributed by atoms with Crippen molar-refractivity contribution in [2.24, 2.45) is 46.8 Å². The summed E-state index contributed by atoms with van der Waals surface area (Å²) in [6.07, 6.45) is 10.00. The molecule has 6 heteroatoms. The van der Waals surface area contributed by atoms with Gasteiger partial charge in [0.05, 0.1) is 18.7 Å². The predicted octanol–water partition coefficient (Wildman–Crippen LogP) is 5.41. The van der Waals surface area contributed by atoms with Gasteiger partial charge in [0.25, 0.3) is 5.69 Å². The molecule has 174 valence electrons. The summed E-state index contributed by atoms with van der Waals surface area (Å²) < 4.78 is 15.1. The number of carbonyl (C=O) groups is 1. The Labute approximate surface area is 190 Å². The molecule has 0 aromatic carbocycles. The van der Waals surface area contributed by atoms with Crippen molar-refractivity contribution >= 4 is 11.5 Å². The smallest absolute Gasteiger partial charge is 0.259 e. The van der Waals surface area contributed by atoms with Gasteiger partial charge in [-0.2, -0.15) is 9.49 Å². The minimum atomic E-state index is -0.791. The van der Waals surface area contributed by atoms with Crippen LogP contribution in [0.2, 0.25) is 0 Å². The van der Waals surface area contributed by atoms with E-state index in [4.69, 9.17) is 6.57 Å². The molecule has 9 atom stereocenters. The van der Waals surface area contributed by atoms with E-state index in [0.29, 0.717) is 23.7 Å². The SMILES string of the molecule is [C-]#[N+]c1cn(CC(=O)[C@H]2C[C@@H](C)[C@H]3[C@@H]4CC[C@@H]5C[C@](C)(O)CC[C@@H]5[C@H]4CC[C@@]32C)nc1F. The summed E-state index contributed by atoms with van der Waals surface area (Å²) in [5.41, 5.74) is -0.613. The van der Waals surface area contributed by atoms with Gasteiger partial charge >= 0.3 is 0 Å².